The fourth-order valence-electron chi connectivity index (χ4n) is 2.06. The largest absolute Gasteiger partial charge is 0.307 e. The van der Waals surface area contributed by atoms with Crippen molar-refractivity contribution in [3.05, 3.63) is 66.9 Å². The van der Waals surface area contributed by atoms with Gasteiger partial charge in [-0.2, -0.15) is 0 Å². The highest BCUT2D eigenvalue weighted by Crippen LogP contribution is 2.29. The van der Waals surface area contributed by atoms with Crippen LogP contribution in [0.4, 0.5) is 5.82 Å². The standard InChI is InChI=1S/C16H14N4/c17-20-14-11-18-15(12-7-3-1-4-8-12)16(19-14)13-9-5-2-6-10-13/h1-11H,17H2,(H,19,20). The van der Waals surface area contributed by atoms with Gasteiger partial charge in [0.2, 0.25) is 0 Å². The van der Waals surface area contributed by atoms with E-state index >= 15 is 0 Å². The van der Waals surface area contributed by atoms with E-state index in [1.165, 1.54) is 0 Å². The van der Waals surface area contributed by atoms with Crippen molar-refractivity contribution >= 4 is 5.82 Å². The van der Waals surface area contributed by atoms with Crippen molar-refractivity contribution in [2.24, 2.45) is 5.84 Å². The molecule has 0 fully saturated rings. The van der Waals surface area contributed by atoms with E-state index in [2.05, 4.69) is 15.4 Å². The molecular formula is C16H14N4. The van der Waals surface area contributed by atoms with Crippen LogP contribution < -0.4 is 11.3 Å². The van der Waals surface area contributed by atoms with Crippen molar-refractivity contribution in [1.29, 1.82) is 0 Å². The maximum absolute atomic E-state index is 5.43. The van der Waals surface area contributed by atoms with E-state index in [4.69, 9.17) is 5.84 Å². The first kappa shape index (κ1) is 12.3. The Morgan fingerprint density at radius 2 is 1.30 bits per heavy atom. The van der Waals surface area contributed by atoms with Crippen LogP contribution in [0.15, 0.2) is 66.9 Å². The van der Waals surface area contributed by atoms with Crippen LogP contribution in [-0.2, 0) is 0 Å². The average Bonchev–Trinajstić information content (AvgIpc) is 2.56. The molecule has 0 unspecified atom stereocenters. The minimum Gasteiger partial charge on any atom is -0.307 e. The van der Waals surface area contributed by atoms with Crippen LogP contribution in [0.3, 0.4) is 0 Å². The van der Waals surface area contributed by atoms with Crippen molar-refractivity contribution in [2.45, 2.75) is 0 Å². The van der Waals surface area contributed by atoms with Gasteiger partial charge in [0.05, 0.1) is 17.6 Å². The molecule has 0 amide bonds. The zero-order valence-corrected chi connectivity index (χ0v) is 10.8. The molecule has 0 aliphatic rings. The van der Waals surface area contributed by atoms with Gasteiger partial charge in [0.15, 0.2) is 5.82 Å². The number of nitrogens with one attached hydrogen (secondary N) is 1. The van der Waals surface area contributed by atoms with E-state index < -0.39 is 0 Å². The van der Waals surface area contributed by atoms with Gasteiger partial charge in [-0.1, -0.05) is 60.7 Å². The predicted molar refractivity (Wildman–Crippen MR) is 80.7 cm³/mol. The summed E-state index contributed by atoms with van der Waals surface area (Å²) >= 11 is 0. The Morgan fingerprint density at radius 1 is 0.750 bits per heavy atom. The maximum atomic E-state index is 5.43. The number of rotatable bonds is 3. The molecule has 0 atom stereocenters. The quantitative estimate of drug-likeness (QED) is 0.562. The van der Waals surface area contributed by atoms with E-state index in [1.54, 1.807) is 6.20 Å². The van der Waals surface area contributed by atoms with Crippen molar-refractivity contribution in [3.63, 3.8) is 0 Å². The summed E-state index contributed by atoms with van der Waals surface area (Å²) in [5.74, 6) is 5.98. The Labute approximate surface area is 117 Å². The number of aromatic nitrogens is 2. The van der Waals surface area contributed by atoms with E-state index in [9.17, 15) is 0 Å². The number of hydrogen-bond donors (Lipinski definition) is 2. The normalized spacial score (nSPS) is 10.2. The SMILES string of the molecule is NNc1cnc(-c2ccccc2)c(-c2ccccc2)n1. The lowest BCUT2D eigenvalue weighted by Crippen LogP contribution is -2.09. The lowest BCUT2D eigenvalue weighted by molar-refractivity contribution is 1.16. The molecule has 0 bridgehead atoms. The predicted octanol–water partition coefficient (Wildman–Crippen LogP) is 3.10. The number of hydrazine groups is 1. The summed E-state index contributed by atoms with van der Waals surface area (Å²) in [4.78, 5) is 9.03. The summed E-state index contributed by atoms with van der Waals surface area (Å²) in [5, 5.41) is 0. The Balaban J connectivity index is 2.20. The molecule has 0 aliphatic heterocycles. The molecule has 0 saturated carbocycles. The number of anilines is 1. The molecule has 98 valence electrons. The molecule has 20 heavy (non-hydrogen) atoms. The summed E-state index contributed by atoms with van der Waals surface area (Å²) < 4.78 is 0. The van der Waals surface area contributed by atoms with Gasteiger partial charge in [-0.15, -0.1) is 0 Å². The Kier molecular flexibility index (Phi) is 3.39. The van der Waals surface area contributed by atoms with Crippen LogP contribution in [0.1, 0.15) is 0 Å². The molecule has 1 aromatic heterocycles. The lowest BCUT2D eigenvalue weighted by atomic mass is 10.0. The van der Waals surface area contributed by atoms with Crippen LogP contribution >= 0.6 is 0 Å². The molecule has 0 spiro atoms. The average molecular weight is 262 g/mol. The summed E-state index contributed by atoms with van der Waals surface area (Å²) in [6, 6.07) is 20.0. The summed E-state index contributed by atoms with van der Waals surface area (Å²) in [6.45, 7) is 0. The molecule has 2 aromatic carbocycles. The van der Waals surface area contributed by atoms with Crippen molar-refractivity contribution in [1.82, 2.24) is 9.97 Å². The van der Waals surface area contributed by atoms with Gasteiger partial charge in [0, 0.05) is 11.1 Å². The van der Waals surface area contributed by atoms with Gasteiger partial charge in [0.25, 0.3) is 0 Å². The van der Waals surface area contributed by atoms with E-state index in [1.807, 2.05) is 60.7 Å². The molecule has 3 N–H and O–H groups in total. The van der Waals surface area contributed by atoms with Crippen molar-refractivity contribution in [3.8, 4) is 22.5 Å². The van der Waals surface area contributed by atoms with Crippen LogP contribution in [-0.4, -0.2) is 9.97 Å². The number of hydrogen-bond acceptors (Lipinski definition) is 4. The van der Waals surface area contributed by atoms with Crippen molar-refractivity contribution < 1.29 is 0 Å². The Bertz CT molecular complexity index is 696. The van der Waals surface area contributed by atoms with Gasteiger partial charge in [-0.3, -0.25) is 4.98 Å². The second-order valence-corrected chi connectivity index (χ2v) is 4.33. The van der Waals surface area contributed by atoms with Gasteiger partial charge in [-0.05, 0) is 0 Å². The summed E-state index contributed by atoms with van der Waals surface area (Å²) in [5.41, 5.74) is 6.24. The maximum Gasteiger partial charge on any atom is 0.159 e. The minimum absolute atomic E-state index is 0.545. The Hall–Kier alpha value is -2.72. The van der Waals surface area contributed by atoms with Crippen LogP contribution in [0.25, 0.3) is 22.5 Å². The van der Waals surface area contributed by atoms with Gasteiger partial charge in [-0.25, -0.2) is 10.8 Å². The third kappa shape index (κ3) is 2.37. The topological polar surface area (TPSA) is 63.8 Å². The molecule has 1 heterocycles. The molecule has 3 rings (SSSR count). The van der Waals surface area contributed by atoms with Crippen LogP contribution in [0.2, 0.25) is 0 Å². The second kappa shape index (κ2) is 5.50. The van der Waals surface area contributed by atoms with Gasteiger partial charge in [0.1, 0.15) is 0 Å². The zero-order chi connectivity index (χ0) is 13.8. The molecule has 0 saturated heterocycles. The molecular weight excluding hydrogens is 248 g/mol. The summed E-state index contributed by atoms with van der Waals surface area (Å²) in [6.07, 6.45) is 1.63. The molecule has 0 aliphatic carbocycles. The zero-order valence-electron chi connectivity index (χ0n) is 10.8. The third-order valence-corrected chi connectivity index (χ3v) is 3.01. The van der Waals surface area contributed by atoms with Gasteiger partial charge < -0.3 is 5.43 Å². The first-order chi connectivity index (χ1) is 9.88. The van der Waals surface area contributed by atoms with Gasteiger partial charge >= 0.3 is 0 Å². The fourth-order valence-corrected chi connectivity index (χ4v) is 2.06. The molecule has 3 aromatic rings. The number of nitrogen functional groups attached to an aromatic ring is 1. The van der Waals surface area contributed by atoms with E-state index in [-0.39, 0.29) is 0 Å². The third-order valence-electron chi connectivity index (χ3n) is 3.01. The molecule has 0 radical (unpaired) electrons. The minimum atomic E-state index is 0.545. The highest BCUT2D eigenvalue weighted by atomic mass is 15.3. The monoisotopic (exact) mass is 262 g/mol. The number of benzene rings is 2. The molecule has 4 heteroatoms. The van der Waals surface area contributed by atoms with Crippen LogP contribution in [0, 0.1) is 0 Å². The first-order valence-electron chi connectivity index (χ1n) is 6.33. The first-order valence-corrected chi connectivity index (χ1v) is 6.33. The van der Waals surface area contributed by atoms with Crippen LogP contribution in [0.5, 0.6) is 0 Å². The number of nitrogens with two attached hydrogens (primary N) is 1. The van der Waals surface area contributed by atoms with Crippen molar-refractivity contribution in [2.75, 3.05) is 5.43 Å². The van der Waals surface area contributed by atoms with E-state index in [0.717, 1.165) is 22.5 Å². The second-order valence-electron chi connectivity index (χ2n) is 4.33. The highest BCUT2D eigenvalue weighted by molar-refractivity contribution is 5.78. The molecule has 4 nitrogen and oxygen atoms in total. The Morgan fingerprint density at radius 3 is 1.85 bits per heavy atom. The van der Waals surface area contributed by atoms with E-state index in [0.29, 0.717) is 5.82 Å². The summed E-state index contributed by atoms with van der Waals surface area (Å²) in [7, 11) is 0. The lowest BCUT2D eigenvalue weighted by Gasteiger charge is -2.10. The highest BCUT2D eigenvalue weighted by Gasteiger charge is 2.11. The smallest absolute Gasteiger partial charge is 0.159 e. The number of nitrogens with zero attached hydrogens (tertiary/aromatic N) is 2. The fraction of sp³-hybridized carbons (Fsp3) is 0.